The van der Waals surface area contributed by atoms with E-state index in [4.69, 9.17) is 4.74 Å². The fourth-order valence-electron chi connectivity index (χ4n) is 2.28. The first-order valence-electron chi connectivity index (χ1n) is 6.52. The van der Waals surface area contributed by atoms with Crippen molar-refractivity contribution in [2.75, 3.05) is 7.11 Å². The topological polar surface area (TPSA) is 38.6 Å². The quantitative estimate of drug-likeness (QED) is 0.784. The van der Waals surface area contributed by atoms with Crippen molar-refractivity contribution in [2.45, 2.75) is 20.0 Å². The average Bonchev–Trinajstić information content (AvgIpc) is 3.00. The molecule has 5 heteroatoms. The van der Waals surface area contributed by atoms with E-state index in [0.717, 1.165) is 23.7 Å². The van der Waals surface area contributed by atoms with Crippen LogP contribution >= 0.6 is 11.3 Å². The first-order chi connectivity index (χ1) is 9.78. The zero-order valence-corrected chi connectivity index (χ0v) is 12.4. The molecular weight excluding hydrogens is 270 g/mol. The minimum atomic E-state index is 0.702. The van der Waals surface area contributed by atoms with Crippen LogP contribution < -0.4 is 10.1 Å². The lowest BCUT2D eigenvalue weighted by Crippen LogP contribution is -2.14. The van der Waals surface area contributed by atoms with Crippen molar-refractivity contribution in [3.05, 3.63) is 52.7 Å². The standard InChI is InChI=1S/C15H17N3OS/c1-11-4-3-5-12(8-11)9-16-10-13-14(19-2)17-15-18(13)6-7-20-15/h3-8,16H,9-10H2,1-2H3. The average molecular weight is 287 g/mol. The first-order valence-corrected chi connectivity index (χ1v) is 7.40. The number of nitrogens with zero attached hydrogens (tertiary/aromatic N) is 2. The number of hydrogen-bond donors (Lipinski definition) is 1. The SMILES string of the molecule is COc1nc2sccn2c1CNCc1cccc(C)c1. The van der Waals surface area contributed by atoms with Crippen LogP contribution in [0.4, 0.5) is 0 Å². The Hall–Kier alpha value is -1.85. The van der Waals surface area contributed by atoms with Crippen LogP contribution in [0.15, 0.2) is 35.8 Å². The van der Waals surface area contributed by atoms with Gasteiger partial charge in [0.15, 0.2) is 4.96 Å². The lowest BCUT2D eigenvalue weighted by Gasteiger charge is -2.06. The highest BCUT2D eigenvalue weighted by Gasteiger charge is 2.12. The molecule has 0 unspecified atom stereocenters. The Balaban J connectivity index is 1.72. The highest BCUT2D eigenvalue weighted by Crippen LogP contribution is 2.22. The molecule has 0 aliphatic heterocycles. The second-order valence-electron chi connectivity index (χ2n) is 4.72. The molecule has 20 heavy (non-hydrogen) atoms. The minimum Gasteiger partial charge on any atom is -0.480 e. The summed E-state index contributed by atoms with van der Waals surface area (Å²) in [5.41, 5.74) is 3.64. The maximum atomic E-state index is 5.35. The minimum absolute atomic E-state index is 0.702. The summed E-state index contributed by atoms with van der Waals surface area (Å²) in [7, 11) is 1.66. The van der Waals surface area contributed by atoms with E-state index in [1.54, 1.807) is 18.4 Å². The van der Waals surface area contributed by atoms with E-state index in [1.165, 1.54) is 11.1 Å². The first kappa shape index (κ1) is 13.1. The van der Waals surface area contributed by atoms with Crippen LogP contribution in [-0.4, -0.2) is 16.5 Å². The summed E-state index contributed by atoms with van der Waals surface area (Å²) in [6.45, 7) is 3.68. The van der Waals surface area contributed by atoms with Gasteiger partial charge in [0.05, 0.1) is 7.11 Å². The van der Waals surface area contributed by atoms with Crippen molar-refractivity contribution < 1.29 is 4.74 Å². The fourth-order valence-corrected chi connectivity index (χ4v) is 3.01. The van der Waals surface area contributed by atoms with Crippen molar-refractivity contribution in [1.82, 2.24) is 14.7 Å². The number of nitrogens with one attached hydrogen (secondary N) is 1. The lowest BCUT2D eigenvalue weighted by molar-refractivity contribution is 0.393. The molecule has 0 atom stereocenters. The van der Waals surface area contributed by atoms with E-state index < -0.39 is 0 Å². The van der Waals surface area contributed by atoms with Crippen molar-refractivity contribution in [2.24, 2.45) is 0 Å². The summed E-state index contributed by atoms with van der Waals surface area (Å²) in [4.78, 5) is 5.42. The maximum Gasteiger partial charge on any atom is 0.237 e. The molecule has 104 valence electrons. The maximum absolute atomic E-state index is 5.35. The van der Waals surface area contributed by atoms with E-state index in [-0.39, 0.29) is 0 Å². The van der Waals surface area contributed by atoms with Crippen molar-refractivity contribution in [1.29, 1.82) is 0 Å². The number of hydrogen-bond acceptors (Lipinski definition) is 4. The van der Waals surface area contributed by atoms with E-state index in [1.807, 2.05) is 11.6 Å². The van der Waals surface area contributed by atoms with Gasteiger partial charge in [-0.05, 0) is 12.5 Å². The molecule has 1 aromatic carbocycles. The van der Waals surface area contributed by atoms with Crippen LogP contribution in [0.25, 0.3) is 4.96 Å². The Labute approximate surface area is 122 Å². The van der Waals surface area contributed by atoms with Gasteiger partial charge < -0.3 is 10.1 Å². The third kappa shape index (κ3) is 2.55. The zero-order chi connectivity index (χ0) is 13.9. The Morgan fingerprint density at radius 2 is 2.25 bits per heavy atom. The predicted molar refractivity (Wildman–Crippen MR) is 81.3 cm³/mol. The highest BCUT2D eigenvalue weighted by molar-refractivity contribution is 7.15. The number of ether oxygens (including phenoxy) is 1. The second kappa shape index (κ2) is 5.64. The monoisotopic (exact) mass is 287 g/mol. The highest BCUT2D eigenvalue weighted by atomic mass is 32.1. The molecule has 0 fully saturated rings. The van der Waals surface area contributed by atoms with Gasteiger partial charge in [-0.25, -0.2) is 0 Å². The number of aryl methyl sites for hydroxylation is 1. The van der Waals surface area contributed by atoms with E-state index in [2.05, 4.69) is 45.9 Å². The third-order valence-corrected chi connectivity index (χ3v) is 3.98. The van der Waals surface area contributed by atoms with Gasteiger partial charge >= 0.3 is 0 Å². The van der Waals surface area contributed by atoms with Gasteiger partial charge in [-0.3, -0.25) is 4.40 Å². The number of methoxy groups -OCH3 is 1. The summed E-state index contributed by atoms with van der Waals surface area (Å²) in [5, 5.41) is 5.49. The Bertz CT molecular complexity index is 717. The summed E-state index contributed by atoms with van der Waals surface area (Å²) < 4.78 is 7.42. The van der Waals surface area contributed by atoms with Crippen molar-refractivity contribution in [3.8, 4) is 5.88 Å². The van der Waals surface area contributed by atoms with Crippen molar-refractivity contribution >= 4 is 16.3 Å². The molecule has 0 spiro atoms. The normalized spacial score (nSPS) is 11.1. The van der Waals surface area contributed by atoms with Crippen LogP contribution in [0.2, 0.25) is 0 Å². The molecule has 0 saturated heterocycles. The van der Waals surface area contributed by atoms with Gasteiger partial charge in [0.2, 0.25) is 5.88 Å². The molecule has 2 aromatic heterocycles. The summed E-state index contributed by atoms with van der Waals surface area (Å²) in [6, 6.07) is 8.52. The Morgan fingerprint density at radius 3 is 3.05 bits per heavy atom. The van der Waals surface area contributed by atoms with Crippen molar-refractivity contribution in [3.63, 3.8) is 0 Å². The van der Waals surface area contributed by atoms with Gasteiger partial charge in [0, 0.05) is 24.7 Å². The molecule has 1 N–H and O–H groups in total. The van der Waals surface area contributed by atoms with Crippen LogP contribution in [0, 0.1) is 6.92 Å². The molecule has 0 bridgehead atoms. The van der Waals surface area contributed by atoms with Gasteiger partial charge in [-0.15, -0.1) is 11.3 Å². The molecule has 0 amide bonds. The molecule has 0 saturated carbocycles. The van der Waals surface area contributed by atoms with E-state index in [9.17, 15) is 0 Å². The van der Waals surface area contributed by atoms with Crippen LogP contribution in [0.5, 0.6) is 5.88 Å². The number of aromatic nitrogens is 2. The number of thiazole rings is 1. The lowest BCUT2D eigenvalue weighted by atomic mass is 10.1. The largest absolute Gasteiger partial charge is 0.480 e. The van der Waals surface area contributed by atoms with E-state index in [0.29, 0.717) is 5.88 Å². The molecule has 4 nitrogen and oxygen atoms in total. The van der Waals surface area contributed by atoms with Gasteiger partial charge in [0.1, 0.15) is 5.69 Å². The number of benzene rings is 1. The summed E-state index contributed by atoms with van der Waals surface area (Å²) in [6.07, 6.45) is 2.03. The number of imidazole rings is 1. The molecule has 3 aromatic rings. The second-order valence-corrected chi connectivity index (χ2v) is 5.59. The number of rotatable bonds is 5. The molecule has 3 rings (SSSR count). The molecule has 0 aliphatic rings. The Kier molecular flexibility index (Phi) is 3.71. The third-order valence-electron chi connectivity index (χ3n) is 3.22. The van der Waals surface area contributed by atoms with E-state index >= 15 is 0 Å². The molecule has 0 radical (unpaired) electrons. The van der Waals surface area contributed by atoms with Gasteiger partial charge in [-0.2, -0.15) is 4.98 Å². The van der Waals surface area contributed by atoms with Gasteiger partial charge in [-0.1, -0.05) is 29.8 Å². The van der Waals surface area contributed by atoms with Crippen LogP contribution in [0.3, 0.4) is 0 Å². The molecule has 0 aliphatic carbocycles. The smallest absolute Gasteiger partial charge is 0.237 e. The molecular formula is C15H17N3OS. The summed E-state index contributed by atoms with van der Waals surface area (Å²) in [5.74, 6) is 0.702. The number of fused-ring (bicyclic) bond motifs is 1. The van der Waals surface area contributed by atoms with Crippen LogP contribution in [-0.2, 0) is 13.1 Å². The zero-order valence-electron chi connectivity index (χ0n) is 11.6. The Morgan fingerprint density at radius 1 is 1.35 bits per heavy atom. The predicted octanol–water partition coefficient (Wildman–Crippen LogP) is 3.00. The summed E-state index contributed by atoms with van der Waals surface area (Å²) >= 11 is 1.61. The van der Waals surface area contributed by atoms with Crippen LogP contribution in [0.1, 0.15) is 16.8 Å². The van der Waals surface area contributed by atoms with Gasteiger partial charge in [0.25, 0.3) is 0 Å². The molecule has 2 heterocycles. The fraction of sp³-hybridized carbons (Fsp3) is 0.267.